The van der Waals surface area contributed by atoms with Crippen molar-refractivity contribution in [3.05, 3.63) is 64.2 Å². The Labute approximate surface area is 133 Å². The monoisotopic (exact) mass is 313 g/mol. The number of aliphatic imine (C=N–C) groups is 1. The first kappa shape index (κ1) is 13.8. The molecule has 5 heteroatoms. The van der Waals surface area contributed by atoms with Crippen molar-refractivity contribution in [3.63, 3.8) is 0 Å². The van der Waals surface area contributed by atoms with E-state index in [1.165, 1.54) is 5.56 Å². The maximum absolute atomic E-state index is 11.5. The number of amidine groups is 1. The number of fused-ring (bicyclic) bond motifs is 2. The molecule has 4 nitrogen and oxygen atoms in total. The number of rotatable bonds is 1. The quantitative estimate of drug-likeness (QED) is 0.757. The fourth-order valence-corrected chi connectivity index (χ4v) is 3.67. The first-order valence-corrected chi connectivity index (χ1v) is 7.64. The van der Waals surface area contributed by atoms with Crippen molar-refractivity contribution >= 4 is 23.1 Å². The largest absolute Gasteiger partial charge is 0.384 e. The number of nitrogens with one attached hydrogen (secondary N) is 1. The van der Waals surface area contributed by atoms with Crippen LogP contribution in [0, 0.1) is 0 Å². The Balaban J connectivity index is 1.90. The normalized spacial score (nSPS) is 26.3. The lowest BCUT2D eigenvalue weighted by molar-refractivity contribution is 0.0778. The Morgan fingerprint density at radius 2 is 2.09 bits per heavy atom. The van der Waals surface area contributed by atoms with Crippen LogP contribution < -0.4 is 11.1 Å². The molecule has 0 fully saturated rings. The molecule has 2 heterocycles. The van der Waals surface area contributed by atoms with Gasteiger partial charge in [-0.15, -0.1) is 0 Å². The molecule has 0 amide bonds. The predicted octanol–water partition coefficient (Wildman–Crippen LogP) is 2.42. The van der Waals surface area contributed by atoms with Crippen molar-refractivity contribution in [1.82, 2.24) is 5.32 Å². The molecule has 22 heavy (non-hydrogen) atoms. The van der Waals surface area contributed by atoms with Crippen molar-refractivity contribution in [2.24, 2.45) is 10.7 Å². The molecule has 0 spiro atoms. The molecule has 4 rings (SSSR count). The smallest absolute Gasteiger partial charge is 0.157 e. The van der Waals surface area contributed by atoms with Gasteiger partial charge in [-0.3, -0.25) is 0 Å². The molecule has 2 aromatic rings. The minimum absolute atomic E-state index is 0.194. The van der Waals surface area contributed by atoms with Crippen molar-refractivity contribution in [1.29, 1.82) is 0 Å². The SMILES string of the molecule is NC1=Nc2ccc(Cl)cc2C1(O)C1CNCc2ccccc21. The van der Waals surface area contributed by atoms with Crippen LogP contribution in [0.4, 0.5) is 5.69 Å². The number of nitrogens with zero attached hydrogens (tertiary/aromatic N) is 1. The zero-order valence-corrected chi connectivity index (χ0v) is 12.6. The zero-order chi connectivity index (χ0) is 15.3. The van der Waals surface area contributed by atoms with E-state index in [4.69, 9.17) is 17.3 Å². The first-order chi connectivity index (χ1) is 10.6. The Kier molecular flexibility index (Phi) is 3.01. The van der Waals surface area contributed by atoms with E-state index in [0.29, 0.717) is 22.8 Å². The van der Waals surface area contributed by atoms with E-state index in [-0.39, 0.29) is 11.8 Å². The van der Waals surface area contributed by atoms with E-state index in [1.807, 2.05) is 12.1 Å². The maximum Gasteiger partial charge on any atom is 0.157 e. The summed E-state index contributed by atoms with van der Waals surface area (Å²) in [7, 11) is 0. The van der Waals surface area contributed by atoms with E-state index >= 15 is 0 Å². The third-order valence-corrected chi connectivity index (χ3v) is 4.83. The molecule has 2 aromatic carbocycles. The molecule has 4 N–H and O–H groups in total. The van der Waals surface area contributed by atoms with E-state index in [0.717, 1.165) is 12.1 Å². The highest BCUT2D eigenvalue weighted by Crippen LogP contribution is 2.47. The standard InChI is InChI=1S/C17H16ClN3O/c18-11-5-6-15-13(7-11)17(22,16(19)21-15)14-9-20-8-10-3-1-2-4-12(10)14/h1-7,14,20,22H,8-9H2,(H2,19,21). The molecule has 0 saturated carbocycles. The molecule has 0 aromatic heterocycles. The molecule has 0 bridgehead atoms. The second kappa shape index (κ2) is 4.81. The summed E-state index contributed by atoms with van der Waals surface area (Å²) < 4.78 is 0. The number of hydrogen-bond donors (Lipinski definition) is 3. The average Bonchev–Trinajstić information content (AvgIpc) is 2.79. The fourth-order valence-electron chi connectivity index (χ4n) is 3.50. The van der Waals surface area contributed by atoms with E-state index in [9.17, 15) is 5.11 Å². The number of benzene rings is 2. The highest BCUT2D eigenvalue weighted by atomic mass is 35.5. The van der Waals surface area contributed by atoms with Crippen molar-refractivity contribution in [2.75, 3.05) is 6.54 Å². The van der Waals surface area contributed by atoms with Crippen molar-refractivity contribution < 1.29 is 5.11 Å². The highest BCUT2D eigenvalue weighted by molar-refractivity contribution is 6.30. The fraction of sp³-hybridized carbons (Fsp3) is 0.235. The van der Waals surface area contributed by atoms with Crippen LogP contribution in [0.3, 0.4) is 0 Å². The van der Waals surface area contributed by atoms with Crippen LogP contribution in [-0.4, -0.2) is 17.5 Å². The van der Waals surface area contributed by atoms with Crippen molar-refractivity contribution in [3.8, 4) is 0 Å². The van der Waals surface area contributed by atoms with Crippen LogP contribution in [0.5, 0.6) is 0 Å². The molecule has 2 atom stereocenters. The summed E-state index contributed by atoms with van der Waals surface area (Å²) in [6.07, 6.45) is 0. The Morgan fingerprint density at radius 3 is 2.95 bits per heavy atom. The summed E-state index contributed by atoms with van der Waals surface area (Å²) >= 11 is 6.12. The van der Waals surface area contributed by atoms with Gasteiger partial charge in [0.1, 0.15) is 5.84 Å². The van der Waals surface area contributed by atoms with Gasteiger partial charge >= 0.3 is 0 Å². The Hall–Kier alpha value is -1.88. The summed E-state index contributed by atoms with van der Waals surface area (Å²) in [5, 5.41) is 15.4. The van der Waals surface area contributed by atoms with E-state index in [1.54, 1.807) is 18.2 Å². The molecule has 2 unspecified atom stereocenters. The molecular weight excluding hydrogens is 298 g/mol. The van der Waals surface area contributed by atoms with Gasteiger partial charge in [0, 0.05) is 29.6 Å². The van der Waals surface area contributed by atoms with Crippen LogP contribution in [0.15, 0.2) is 47.5 Å². The molecule has 0 radical (unpaired) electrons. The van der Waals surface area contributed by atoms with Crippen LogP contribution >= 0.6 is 11.6 Å². The number of halogens is 1. The topological polar surface area (TPSA) is 70.6 Å². The van der Waals surface area contributed by atoms with Gasteiger partial charge in [0.15, 0.2) is 5.60 Å². The molecule has 2 aliphatic heterocycles. The highest BCUT2D eigenvalue weighted by Gasteiger charge is 2.49. The minimum atomic E-state index is -1.33. The number of hydrogen-bond acceptors (Lipinski definition) is 4. The van der Waals surface area contributed by atoms with E-state index in [2.05, 4.69) is 22.4 Å². The lowest BCUT2D eigenvalue weighted by atomic mass is 9.74. The summed E-state index contributed by atoms with van der Waals surface area (Å²) in [4.78, 5) is 4.35. The summed E-state index contributed by atoms with van der Waals surface area (Å²) in [5.74, 6) is 0.0363. The maximum atomic E-state index is 11.5. The van der Waals surface area contributed by atoms with Crippen LogP contribution in [0.1, 0.15) is 22.6 Å². The lowest BCUT2D eigenvalue weighted by Crippen LogP contribution is -2.49. The second-order valence-corrected chi connectivity index (χ2v) is 6.24. The van der Waals surface area contributed by atoms with Gasteiger partial charge in [-0.25, -0.2) is 4.99 Å². The Morgan fingerprint density at radius 1 is 1.27 bits per heavy atom. The second-order valence-electron chi connectivity index (χ2n) is 5.81. The van der Waals surface area contributed by atoms with Gasteiger partial charge < -0.3 is 16.2 Å². The first-order valence-electron chi connectivity index (χ1n) is 7.26. The summed E-state index contributed by atoms with van der Waals surface area (Å²) in [6, 6.07) is 13.4. The summed E-state index contributed by atoms with van der Waals surface area (Å²) in [5.41, 5.74) is 8.45. The van der Waals surface area contributed by atoms with E-state index < -0.39 is 5.60 Å². The van der Waals surface area contributed by atoms with Crippen molar-refractivity contribution in [2.45, 2.75) is 18.1 Å². The predicted molar refractivity (Wildman–Crippen MR) is 87.5 cm³/mol. The molecule has 0 aliphatic carbocycles. The molecule has 2 aliphatic rings. The third kappa shape index (κ3) is 1.81. The number of nitrogens with two attached hydrogens (primary N) is 1. The molecule has 112 valence electrons. The number of aliphatic hydroxyl groups is 1. The Bertz CT molecular complexity index is 789. The van der Waals surface area contributed by atoms with Gasteiger partial charge in [-0.05, 0) is 29.3 Å². The lowest BCUT2D eigenvalue weighted by Gasteiger charge is -2.37. The minimum Gasteiger partial charge on any atom is -0.384 e. The third-order valence-electron chi connectivity index (χ3n) is 4.60. The molecule has 0 saturated heterocycles. The molecular formula is C17H16ClN3O. The zero-order valence-electron chi connectivity index (χ0n) is 11.9. The van der Waals surface area contributed by atoms with Gasteiger partial charge in [0.2, 0.25) is 0 Å². The van der Waals surface area contributed by atoms with Crippen LogP contribution in [0.2, 0.25) is 5.02 Å². The van der Waals surface area contributed by atoms with Crippen LogP contribution in [-0.2, 0) is 12.1 Å². The van der Waals surface area contributed by atoms with Crippen LogP contribution in [0.25, 0.3) is 0 Å². The van der Waals surface area contributed by atoms with Gasteiger partial charge in [-0.2, -0.15) is 0 Å². The average molecular weight is 314 g/mol. The van der Waals surface area contributed by atoms with Gasteiger partial charge in [-0.1, -0.05) is 35.9 Å². The summed E-state index contributed by atoms with van der Waals surface area (Å²) in [6.45, 7) is 1.43. The van der Waals surface area contributed by atoms with Gasteiger partial charge in [0.05, 0.1) is 5.69 Å². The van der Waals surface area contributed by atoms with Gasteiger partial charge in [0.25, 0.3) is 0 Å².